The third kappa shape index (κ3) is 5.48. The minimum Gasteiger partial charge on any atom is -0.480 e. The summed E-state index contributed by atoms with van der Waals surface area (Å²) in [4.78, 5) is 39.9. The van der Waals surface area contributed by atoms with Crippen LogP contribution in [0.5, 0.6) is 0 Å². The summed E-state index contributed by atoms with van der Waals surface area (Å²) in [7, 11) is 0. The molecule has 2 heterocycles. The van der Waals surface area contributed by atoms with E-state index in [1.165, 1.54) is 4.90 Å². The van der Waals surface area contributed by atoms with Gasteiger partial charge in [-0.05, 0) is 55.7 Å². The van der Waals surface area contributed by atoms with Gasteiger partial charge in [-0.2, -0.15) is 0 Å². The van der Waals surface area contributed by atoms with Gasteiger partial charge in [0, 0.05) is 31.1 Å². The van der Waals surface area contributed by atoms with Crippen LogP contribution in [-0.4, -0.2) is 64.4 Å². The van der Waals surface area contributed by atoms with Crippen LogP contribution >= 0.6 is 11.6 Å². The molecule has 1 aromatic carbocycles. The van der Waals surface area contributed by atoms with Crippen molar-refractivity contribution in [2.75, 3.05) is 19.6 Å². The fourth-order valence-corrected chi connectivity index (χ4v) is 4.50. The van der Waals surface area contributed by atoms with Gasteiger partial charge < -0.3 is 20.6 Å². The highest BCUT2D eigenvalue weighted by molar-refractivity contribution is 6.30. The Kier molecular flexibility index (Phi) is 7.14. The maximum absolute atomic E-state index is 12.8. The summed E-state index contributed by atoms with van der Waals surface area (Å²) >= 11 is 6.03. The Hall–Kier alpha value is -2.12. The Labute approximate surface area is 175 Å². The van der Waals surface area contributed by atoms with Crippen molar-refractivity contribution in [3.8, 4) is 0 Å². The van der Waals surface area contributed by atoms with E-state index >= 15 is 0 Å². The first-order chi connectivity index (χ1) is 13.8. The van der Waals surface area contributed by atoms with Crippen LogP contribution in [0, 0.1) is 5.92 Å². The smallest absolute Gasteiger partial charge is 0.326 e. The Bertz CT molecular complexity index is 766. The summed E-state index contributed by atoms with van der Waals surface area (Å²) in [6.07, 6.45) is 3.50. The fraction of sp³-hybridized carbons (Fsp3) is 0.571. The number of benzene rings is 1. The molecule has 0 aromatic heterocycles. The molecule has 0 bridgehead atoms. The predicted octanol–water partition coefficient (Wildman–Crippen LogP) is 1.91. The molecule has 0 spiro atoms. The molecular formula is C21H28ClN3O4. The van der Waals surface area contributed by atoms with Gasteiger partial charge in [-0.1, -0.05) is 23.7 Å². The van der Waals surface area contributed by atoms with Crippen LogP contribution in [0.1, 0.15) is 37.7 Å². The molecule has 3 N–H and O–H groups in total. The van der Waals surface area contributed by atoms with Crippen molar-refractivity contribution in [1.82, 2.24) is 9.80 Å². The van der Waals surface area contributed by atoms with Gasteiger partial charge in [-0.25, -0.2) is 4.79 Å². The third-order valence-electron chi connectivity index (χ3n) is 5.81. The quantitative estimate of drug-likeness (QED) is 0.699. The molecule has 8 heteroatoms. The van der Waals surface area contributed by atoms with Crippen molar-refractivity contribution < 1.29 is 19.5 Å². The van der Waals surface area contributed by atoms with Crippen molar-refractivity contribution >= 4 is 29.4 Å². The van der Waals surface area contributed by atoms with Crippen LogP contribution in [0.2, 0.25) is 5.02 Å². The van der Waals surface area contributed by atoms with E-state index in [2.05, 4.69) is 0 Å². The largest absolute Gasteiger partial charge is 0.480 e. The van der Waals surface area contributed by atoms with Gasteiger partial charge in [0.15, 0.2) is 0 Å². The summed E-state index contributed by atoms with van der Waals surface area (Å²) in [6.45, 7) is 1.87. The highest BCUT2D eigenvalue weighted by Gasteiger charge is 2.41. The molecule has 158 valence electrons. The van der Waals surface area contributed by atoms with E-state index in [4.69, 9.17) is 17.3 Å². The van der Waals surface area contributed by atoms with E-state index in [0.29, 0.717) is 24.4 Å². The summed E-state index contributed by atoms with van der Waals surface area (Å²) in [6, 6.07) is 5.70. The van der Waals surface area contributed by atoms with E-state index < -0.39 is 18.1 Å². The molecule has 7 nitrogen and oxygen atoms in total. The lowest BCUT2D eigenvalue weighted by Crippen LogP contribution is -2.48. The fourth-order valence-electron chi connectivity index (χ4n) is 4.29. The van der Waals surface area contributed by atoms with Gasteiger partial charge in [0.1, 0.15) is 6.04 Å². The summed E-state index contributed by atoms with van der Waals surface area (Å²) in [5.41, 5.74) is 7.07. The first-order valence-corrected chi connectivity index (χ1v) is 10.5. The number of nitrogens with two attached hydrogens (primary N) is 1. The SMILES string of the molecule is NC(CCC(=O)N1CCCC1)C(=O)N1C[C@@H](Cc2cccc(Cl)c2)C[C@H]1C(=O)O. The molecule has 3 atom stereocenters. The number of aliphatic carboxylic acids is 1. The van der Waals surface area contributed by atoms with Crippen molar-refractivity contribution in [3.05, 3.63) is 34.9 Å². The van der Waals surface area contributed by atoms with E-state index in [-0.39, 0.29) is 30.6 Å². The van der Waals surface area contributed by atoms with Crippen LogP contribution in [-0.2, 0) is 20.8 Å². The monoisotopic (exact) mass is 421 g/mol. The molecule has 1 aromatic rings. The number of carbonyl (C=O) groups is 3. The Morgan fingerprint density at radius 3 is 2.62 bits per heavy atom. The van der Waals surface area contributed by atoms with Crippen molar-refractivity contribution in [2.24, 2.45) is 11.7 Å². The van der Waals surface area contributed by atoms with E-state index in [9.17, 15) is 19.5 Å². The molecule has 0 aliphatic carbocycles. The summed E-state index contributed by atoms with van der Waals surface area (Å²) in [5, 5.41) is 10.2. The number of likely N-dealkylation sites (tertiary alicyclic amines) is 2. The third-order valence-corrected chi connectivity index (χ3v) is 6.05. The normalized spacial score (nSPS) is 22.7. The van der Waals surface area contributed by atoms with Crippen LogP contribution in [0.4, 0.5) is 0 Å². The minimum absolute atomic E-state index is 0.0146. The first-order valence-electron chi connectivity index (χ1n) is 10.2. The van der Waals surface area contributed by atoms with E-state index in [0.717, 1.165) is 31.5 Å². The van der Waals surface area contributed by atoms with Gasteiger partial charge in [-0.3, -0.25) is 9.59 Å². The van der Waals surface area contributed by atoms with E-state index in [1.807, 2.05) is 18.2 Å². The lowest BCUT2D eigenvalue weighted by Gasteiger charge is -2.25. The standard InChI is InChI=1S/C21H28ClN3O4/c22-16-5-3-4-14(11-16)10-15-12-18(21(28)29)25(13-15)20(27)17(23)6-7-19(26)24-8-1-2-9-24/h3-5,11,15,17-18H,1-2,6-10,12-13,23H2,(H,28,29)/t15-,17?,18-/m0/s1. The molecule has 0 radical (unpaired) electrons. The van der Waals surface area contributed by atoms with Crippen molar-refractivity contribution in [1.29, 1.82) is 0 Å². The van der Waals surface area contributed by atoms with Gasteiger partial charge in [0.05, 0.1) is 6.04 Å². The maximum Gasteiger partial charge on any atom is 0.326 e. The number of carbonyl (C=O) groups excluding carboxylic acids is 2. The number of carboxylic acids is 1. The lowest BCUT2D eigenvalue weighted by molar-refractivity contribution is -0.148. The molecule has 2 fully saturated rings. The Balaban J connectivity index is 1.58. The zero-order chi connectivity index (χ0) is 21.0. The highest BCUT2D eigenvalue weighted by Crippen LogP contribution is 2.28. The highest BCUT2D eigenvalue weighted by atomic mass is 35.5. The number of hydrogen-bond acceptors (Lipinski definition) is 4. The van der Waals surface area contributed by atoms with Crippen LogP contribution in [0.3, 0.4) is 0 Å². The minimum atomic E-state index is -1.02. The van der Waals surface area contributed by atoms with Crippen LogP contribution in [0.25, 0.3) is 0 Å². The second-order valence-electron chi connectivity index (χ2n) is 8.01. The van der Waals surface area contributed by atoms with Gasteiger partial charge in [0.25, 0.3) is 0 Å². The molecule has 2 amide bonds. The zero-order valence-corrected chi connectivity index (χ0v) is 17.2. The molecule has 2 aliphatic rings. The summed E-state index contributed by atoms with van der Waals surface area (Å²) < 4.78 is 0. The average molecular weight is 422 g/mol. The van der Waals surface area contributed by atoms with Gasteiger partial charge in [-0.15, -0.1) is 0 Å². The summed E-state index contributed by atoms with van der Waals surface area (Å²) in [5.74, 6) is -1.37. The zero-order valence-electron chi connectivity index (χ0n) is 16.4. The molecule has 29 heavy (non-hydrogen) atoms. The molecule has 1 unspecified atom stereocenters. The van der Waals surface area contributed by atoms with Crippen molar-refractivity contribution in [3.63, 3.8) is 0 Å². The van der Waals surface area contributed by atoms with Gasteiger partial charge >= 0.3 is 5.97 Å². The molecule has 0 saturated carbocycles. The number of hydrogen-bond donors (Lipinski definition) is 2. The number of amides is 2. The van der Waals surface area contributed by atoms with Crippen LogP contribution in [0.15, 0.2) is 24.3 Å². The number of rotatable bonds is 7. The van der Waals surface area contributed by atoms with Crippen molar-refractivity contribution in [2.45, 2.75) is 50.6 Å². The predicted molar refractivity (Wildman–Crippen MR) is 109 cm³/mol. The molecular weight excluding hydrogens is 394 g/mol. The number of halogens is 1. The second kappa shape index (κ2) is 9.59. The second-order valence-corrected chi connectivity index (χ2v) is 8.45. The Morgan fingerprint density at radius 1 is 1.24 bits per heavy atom. The van der Waals surface area contributed by atoms with Crippen LogP contribution < -0.4 is 5.73 Å². The maximum atomic E-state index is 12.8. The molecule has 2 saturated heterocycles. The average Bonchev–Trinajstić information content (AvgIpc) is 3.35. The van der Waals surface area contributed by atoms with Gasteiger partial charge in [0.2, 0.25) is 11.8 Å². The van der Waals surface area contributed by atoms with E-state index in [1.54, 1.807) is 11.0 Å². The number of carboxylic acid groups (broad SMARTS) is 1. The topological polar surface area (TPSA) is 104 Å². The molecule has 2 aliphatic heterocycles. The lowest BCUT2D eigenvalue weighted by atomic mass is 9.97. The Morgan fingerprint density at radius 2 is 1.97 bits per heavy atom. The first kappa shape index (κ1) is 21.6. The number of nitrogens with zero attached hydrogens (tertiary/aromatic N) is 2. The molecule has 3 rings (SSSR count).